The van der Waals surface area contributed by atoms with Crippen LogP contribution in [-0.4, -0.2) is 24.2 Å². The lowest BCUT2D eigenvalue weighted by Gasteiger charge is -2.17. The largest absolute Gasteiger partial charge is 0.494 e. The number of amides is 2. The zero-order valence-corrected chi connectivity index (χ0v) is 14.1. The van der Waals surface area contributed by atoms with Crippen molar-refractivity contribution in [3.8, 4) is 5.75 Å². The fourth-order valence-corrected chi connectivity index (χ4v) is 3.22. The average molecular weight is 342 g/mol. The molecular weight excluding hydrogens is 324 g/mol. The third kappa shape index (κ3) is 4.08. The van der Waals surface area contributed by atoms with E-state index in [1.807, 2.05) is 49.4 Å². The highest BCUT2D eigenvalue weighted by Crippen LogP contribution is 2.32. The summed E-state index contributed by atoms with van der Waals surface area (Å²) in [5.74, 6) is 1.10. The molecule has 3 rings (SSSR count). The summed E-state index contributed by atoms with van der Waals surface area (Å²) >= 11 is 1.51. The van der Waals surface area contributed by atoms with Crippen LogP contribution in [0.2, 0.25) is 0 Å². The number of fused-ring (bicyclic) bond motifs is 1. The number of ether oxygens (including phenoxy) is 1. The van der Waals surface area contributed by atoms with Crippen molar-refractivity contribution in [3.05, 3.63) is 48.0 Å². The van der Waals surface area contributed by atoms with Gasteiger partial charge in [0.05, 0.1) is 24.5 Å². The van der Waals surface area contributed by atoms with Crippen molar-refractivity contribution in [2.24, 2.45) is 0 Å². The molecule has 6 heteroatoms. The number of carbonyl (C=O) groups is 2. The maximum Gasteiger partial charge on any atom is 0.234 e. The minimum Gasteiger partial charge on any atom is -0.494 e. The number of benzene rings is 2. The molecule has 1 aliphatic heterocycles. The van der Waals surface area contributed by atoms with E-state index < -0.39 is 0 Å². The van der Waals surface area contributed by atoms with Crippen molar-refractivity contribution in [1.82, 2.24) is 0 Å². The summed E-state index contributed by atoms with van der Waals surface area (Å²) in [7, 11) is 0. The van der Waals surface area contributed by atoms with Crippen molar-refractivity contribution >= 4 is 35.0 Å². The van der Waals surface area contributed by atoms with Crippen LogP contribution < -0.4 is 15.4 Å². The standard InChI is InChI=1S/C18H18N2O3S/c1-2-23-14-6-4-13(5-7-14)19-17(21)10-12-3-8-16-15(9-12)20-18(22)11-24-16/h3-9H,2,10-11H2,1H3,(H,19,21)(H,20,22). The van der Waals surface area contributed by atoms with Crippen LogP contribution in [-0.2, 0) is 16.0 Å². The van der Waals surface area contributed by atoms with Crippen LogP contribution in [0.4, 0.5) is 11.4 Å². The Morgan fingerprint density at radius 2 is 2.04 bits per heavy atom. The number of carbonyl (C=O) groups excluding carboxylic acids is 2. The van der Waals surface area contributed by atoms with E-state index >= 15 is 0 Å². The van der Waals surface area contributed by atoms with Crippen molar-refractivity contribution in [2.75, 3.05) is 23.0 Å². The number of hydrogen-bond acceptors (Lipinski definition) is 4. The van der Waals surface area contributed by atoms with Gasteiger partial charge in [0.15, 0.2) is 0 Å². The molecular formula is C18H18N2O3S. The number of nitrogens with one attached hydrogen (secondary N) is 2. The van der Waals surface area contributed by atoms with Gasteiger partial charge in [-0.3, -0.25) is 9.59 Å². The quantitative estimate of drug-likeness (QED) is 0.875. The molecule has 2 aromatic carbocycles. The zero-order chi connectivity index (χ0) is 16.9. The monoisotopic (exact) mass is 342 g/mol. The molecule has 0 saturated carbocycles. The normalized spacial score (nSPS) is 13.0. The third-order valence-corrected chi connectivity index (χ3v) is 4.56. The van der Waals surface area contributed by atoms with Crippen molar-refractivity contribution < 1.29 is 14.3 Å². The Balaban J connectivity index is 1.62. The highest BCUT2D eigenvalue weighted by molar-refractivity contribution is 8.00. The number of rotatable bonds is 5. The molecule has 0 aromatic heterocycles. The van der Waals surface area contributed by atoms with Crippen LogP contribution in [0.1, 0.15) is 12.5 Å². The second-order valence-electron chi connectivity index (χ2n) is 5.35. The lowest BCUT2D eigenvalue weighted by molar-refractivity contribution is -0.115. The minimum atomic E-state index is -0.103. The molecule has 24 heavy (non-hydrogen) atoms. The maximum atomic E-state index is 12.2. The predicted molar refractivity (Wildman–Crippen MR) is 95.7 cm³/mol. The summed E-state index contributed by atoms with van der Waals surface area (Å²) in [5.41, 5.74) is 2.37. The van der Waals surface area contributed by atoms with Crippen LogP contribution in [0.25, 0.3) is 0 Å². The van der Waals surface area contributed by atoms with Crippen LogP contribution >= 0.6 is 11.8 Å². The van der Waals surface area contributed by atoms with Crippen molar-refractivity contribution in [2.45, 2.75) is 18.2 Å². The Bertz CT molecular complexity index is 759. The number of thioether (sulfide) groups is 1. The summed E-state index contributed by atoms with van der Waals surface area (Å²) in [5, 5.41) is 5.70. The molecule has 0 aliphatic carbocycles. The summed E-state index contributed by atoms with van der Waals surface area (Å²) in [6.07, 6.45) is 0.251. The van der Waals surface area contributed by atoms with E-state index in [9.17, 15) is 9.59 Å². The second-order valence-corrected chi connectivity index (χ2v) is 6.37. The summed E-state index contributed by atoms with van der Waals surface area (Å²) < 4.78 is 5.37. The zero-order valence-electron chi connectivity index (χ0n) is 13.3. The molecule has 0 saturated heterocycles. The Morgan fingerprint density at radius 3 is 2.79 bits per heavy atom. The molecule has 2 aromatic rings. The van der Waals surface area contributed by atoms with Gasteiger partial charge in [-0.15, -0.1) is 11.8 Å². The van der Waals surface area contributed by atoms with Gasteiger partial charge < -0.3 is 15.4 Å². The number of anilines is 2. The van der Waals surface area contributed by atoms with Gasteiger partial charge in [-0.2, -0.15) is 0 Å². The second kappa shape index (κ2) is 7.40. The Morgan fingerprint density at radius 1 is 1.25 bits per heavy atom. The van der Waals surface area contributed by atoms with E-state index in [0.29, 0.717) is 12.4 Å². The van der Waals surface area contributed by atoms with Gasteiger partial charge >= 0.3 is 0 Å². The molecule has 0 bridgehead atoms. The number of hydrogen-bond donors (Lipinski definition) is 2. The highest BCUT2D eigenvalue weighted by Gasteiger charge is 2.16. The third-order valence-electron chi connectivity index (χ3n) is 3.49. The maximum absolute atomic E-state index is 12.2. The first-order valence-electron chi connectivity index (χ1n) is 7.72. The molecule has 0 spiro atoms. The molecule has 2 N–H and O–H groups in total. The van der Waals surface area contributed by atoms with E-state index in [4.69, 9.17) is 4.74 Å². The summed E-state index contributed by atoms with van der Waals surface area (Å²) in [6, 6.07) is 13.0. The first kappa shape index (κ1) is 16.4. The molecule has 2 amide bonds. The van der Waals surface area contributed by atoms with Gasteiger partial charge in [-0.1, -0.05) is 6.07 Å². The van der Waals surface area contributed by atoms with Crippen LogP contribution in [0.3, 0.4) is 0 Å². The van der Waals surface area contributed by atoms with Crippen molar-refractivity contribution in [3.63, 3.8) is 0 Å². The Labute approximate surface area is 144 Å². The van der Waals surface area contributed by atoms with Gasteiger partial charge in [0.25, 0.3) is 0 Å². The first-order chi connectivity index (χ1) is 11.6. The van der Waals surface area contributed by atoms with Gasteiger partial charge in [-0.25, -0.2) is 0 Å². The molecule has 1 heterocycles. The van der Waals surface area contributed by atoms with Gasteiger partial charge in [-0.05, 0) is 48.9 Å². The van der Waals surface area contributed by atoms with E-state index in [2.05, 4.69) is 10.6 Å². The Kier molecular flexibility index (Phi) is 5.05. The van der Waals surface area contributed by atoms with Crippen LogP contribution in [0.15, 0.2) is 47.4 Å². The SMILES string of the molecule is CCOc1ccc(NC(=O)Cc2ccc3c(c2)NC(=O)CS3)cc1. The van der Waals surface area contributed by atoms with Crippen LogP contribution in [0.5, 0.6) is 5.75 Å². The molecule has 1 aliphatic rings. The van der Waals surface area contributed by atoms with E-state index in [0.717, 1.165) is 27.6 Å². The molecule has 0 radical (unpaired) electrons. The smallest absolute Gasteiger partial charge is 0.234 e. The van der Waals surface area contributed by atoms with E-state index in [1.54, 1.807) is 0 Å². The Hall–Kier alpha value is -2.47. The fourth-order valence-electron chi connectivity index (χ4n) is 2.43. The van der Waals surface area contributed by atoms with Crippen LogP contribution in [0, 0.1) is 0 Å². The molecule has 5 nitrogen and oxygen atoms in total. The molecule has 0 atom stereocenters. The predicted octanol–water partition coefficient (Wildman–Crippen LogP) is 3.31. The van der Waals surface area contributed by atoms with Gasteiger partial charge in [0.2, 0.25) is 11.8 Å². The lowest BCUT2D eigenvalue weighted by atomic mass is 10.1. The summed E-state index contributed by atoms with van der Waals surface area (Å²) in [4.78, 5) is 24.7. The summed E-state index contributed by atoms with van der Waals surface area (Å²) in [6.45, 7) is 2.54. The van der Waals surface area contributed by atoms with E-state index in [-0.39, 0.29) is 18.2 Å². The topological polar surface area (TPSA) is 67.4 Å². The van der Waals surface area contributed by atoms with Gasteiger partial charge in [0.1, 0.15) is 5.75 Å². The van der Waals surface area contributed by atoms with Gasteiger partial charge in [0, 0.05) is 10.6 Å². The highest BCUT2D eigenvalue weighted by atomic mass is 32.2. The fraction of sp³-hybridized carbons (Fsp3) is 0.222. The minimum absolute atomic E-state index is 0.0107. The lowest BCUT2D eigenvalue weighted by Crippen LogP contribution is -2.19. The average Bonchev–Trinajstić information content (AvgIpc) is 2.56. The molecule has 124 valence electrons. The molecule has 0 fully saturated rings. The van der Waals surface area contributed by atoms with E-state index in [1.165, 1.54) is 11.8 Å². The molecule has 0 unspecified atom stereocenters. The first-order valence-corrected chi connectivity index (χ1v) is 8.71. The van der Waals surface area contributed by atoms with Crippen molar-refractivity contribution in [1.29, 1.82) is 0 Å².